The first-order chi connectivity index (χ1) is 10.1. The molecule has 6 nitrogen and oxygen atoms in total. The largest absolute Gasteiger partial charge is 0.496 e. The molecule has 0 spiro atoms. The predicted molar refractivity (Wildman–Crippen MR) is 79.6 cm³/mol. The van der Waals surface area contributed by atoms with Gasteiger partial charge in [-0.3, -0.25) is 10.1 Å². The predicted octanol–water partition coefficient (Wildman–Crippen LogP) is 2.75. The number of methoxy groups -OCH3 is 1. The number of benzene rings is 1. The summed E-state index contributed by atoms with van der Waals surface area (Å²) < 4.78 is 10.8. The highest BCUT2D eigenvalue weighted by atomic mass is 16.6. The normalized spacial score (nSPS) is 21.8. The van der Waals surface area contributed by atoms with Crippen molar-refractivity contribution in [3.63, 3.8) is 0 Å². The molecule has 1 aromatic rings. The van der Waals surface area contributed by atoms with E-state index in [0.29, 0.717) is 36.5 Å². The average Bonchev–Trinajstić information content (AvgIpc) is 2.52. The lowest BCUT2D eigenvalue weighted by Crippen LogP contribution is -2.30. The Labute approximate surface area is 124 Å². The Hall–Kier alpha value is -1.82. The molecule has 0 aromatic heterocycles. The Kier molecular flexibility index (Phi) is 5.38. The third kappa shape index (κ3) is 4.07. The van der Waals surface area contributed by atoms with Crippen molar-refractivity contribution in [2.45, 2.75) is 25.7 Å². The van der Waals surface area contributed by atoms with Crippen LogP contribution in [-0.4, -0.2) is 25.2 Å². The number of nitrogens with two attached hydrogens (primary N) is 1. The summed E-state index contributed by atoms with van der Waals surface area (Å²) in [6.45, 7) is 1.22. The maximum atomic E-state index is 10.9. The van der Waals surface area contributed by atoms with Crippen LogP contribution in [0.3, 0.4) is 0 Å². The van der Waals surface area contributed by atoms with Crippen molar-refractivity contribution in [2.75, 3.05) is 20.3 Å². The maximum Gasteiger partial charge on any atom is 0.276 e. The fraction of sp³-hybridized carbons (Fsp3) is 0.600. The van der Waals surface area contributed by atoms with E-state index in [-0.39, 0.29) is 5.69 Å². The van der Waals surface area contributed by atoms with Gasteiger partial charge in [0.15, 0.2) is 0 Å². The Morgan fingerprint density at radius 1 is 1.24 bits per heavy atom. The molecular formula is C15H22N2O4. The van der Waals surface area contributed by atoms with Crippen molar-refractivity contribution in [1.82, 2.24) is 0 Å². The Bertz CT molecular complexity index is 493. The van der Waals surface area contributed by atoms with Gasteiger partial charge in [-0.25, -0.2) is 0 Å². The van der Waals surface area contributed by atoms with E-state index < -0.39 is 4.92 Å². The van der Waals surface area contributed by atoms with Crippen LogP contribution in [-0.2, 0) is 0 Å². The summed E-state index contributed by atoms with van der Waals surface area (Å²) in [4.78, 5) is 10.5. The summed E-state index contributed by atoms with van der Waals surface area (Å²) in [6.07, 6.45) is 4.67. The van der Waals surface area contributed by atoms with Gasteiger partial charge in [-0.1, -0.05) is 12.8 Å². The molecule has 21 heavy (non-hydrogen) atoms. The van der Waals surface area contributed by atoms with E-state index >= 15 is 0 Å². The Morgan fingerprint density at radius 2 is 1.90 bits per heavy atom. The lowest BCUT2D eigenvalue weighted by molar-refractivity contribution is -0.385. The van der Waals surface area contributed by atoms with Crippen LogP contribution in [0.1, 0.15) is 25.7 Å². The second kappa shape index (κ2) is 7.26. The lowest BCUT2D eigenvalue weighted by Gasteiger charge is -2.30. The number of nitro groups is 1. The molecule has 0 heterocycles. The first-order valence-corrected chi connectivity index (χ1v) is 7.30. The smallest absolute Gasteiger partial charge is 0.276 e. The van der Waals surface area contributed by atoms with Gasteiger partial charge in [-0.15, -0.1) is 0 Å². The van der Waals surface area contributed by atoms with Gasteiger partial charge in [0.2, 0.25) is 0 Å². The molecule has 0 radical (unpaired) electrons. The van der Waals surface area contributed by atoms with E-state index in [9.17, 15) is 10.1 Å². The van der Waals surface area contributed by atoms with Crippen LogP contribution in [0.2, 0.25) is 0 Å². The topological polar surface area (TPSA) is 87.6 Å². The van der Waals surface area contributed by atoms with Gasteiger partial charge >= 0.3 is 0 Å². The van der Waals surface area contributed by atoms with Gasteiger partial charge in [-0.2, -0.15) is 0 Å². The van der Waals surface area contributed by atoms with Crippen LogP contribution in [0.15, 0.2) is 18.2 Å². The van der Waals surface area contributed by atoms with E-state index in [0.717, 1.165) is 12.8 Å². The molecule has 2 N–H and O–H groups in total. The minimum Gasteiger partial charge on any atom is -0.496 e. The SMILES string of the molecule is COc1cc(OCC2CCCCC2CN)cc([N+](=O)[O-])c1. The molecule has 1 aliphatic rings. The van der Waals surface area contributed by atoms with Crippen LogP contribution in [0.25, 0.3) is 0 Å². The van der Waals surface area contributed by atoms with E-state index in [1.807, 2.05) is 0 Å². The zero-order chi connectivity index (χ0) is 15.2. The van der Waals surface area contributed by atoms with Gasteiger partial charge in [0.05, 0.1) is 30.8 Å². The van der Waals surface area contributed by atoms with Crippen molar-refractivity contribution >= 4 is 5.69 Å². The zero-order valence-corrected chi connectivity index (χ0v) is 12.3. The van der Waals surface area contributed by atoms with Gasteiger partial charge in [0.1, 0.15) is 11.5 Å². The molecule has 0 bridgehead atoms. The minimum absolute atomic E-state index is 0.0247. The first kappa shape index (κ1) is 15.6. The molecule has 1 fully saturated rings. The molecule has 0 saturated heterocycles. The number of nitro benzene ring substituents is 1. The van der Waals surface area contributed by atoms with Crippen molar-refractivity contribution in [3.05, 3.63) is 28.3 Å². The molecule has 1 aromatic carbocycles. The summed E-state index contributed by atoms with van der Waals surface area (Å²) in [7, 11) is 1.48. The van der Waals surface area contributed by atoms with Gasteiger partial charge in [0.25, 0.3) is 5.69 Å². The van der Waals surface area contributed by atoms with E-state index in [1.54, 1.807) is 6.07 Å². The van der Waals surface area contributed by atoms with Crippen molar-refractivity contribution in [3.8, 4) is 11.5 Å². The third-order valence-corrected chi connectivity index (χ3v) is 4.14. The molecule has 0 aliphatic heterocycles. The number of hydrogen-bond donors (Lipinski definition) is 1. The fourth-order valence-corrected chi connectivity index (χ4v) is 2.88. The summed E-state index contributed by atoms with van der Waals surface area (Å²) in [5.74, 6) is 1.81. The second-order valence-electron chi connectivity index (χ2n) is 5.48. The van der Waals surface area contributed by atoms with E-state index in [4.69, 9.17) is 15.2 Å². The number of nitrogens with zero attached hydrogens (tertiary/aromatic N) is 1. The van der Waals surface area contributed by atoms with E-state index in [2.05, 4.69) is 0 Å². The second-order valence-corrected chi connectivity index (χ2v) is 5.48. The van der Waals surface area contributed by atoms with Crippen LogP contribution in [0, 0.1) is 22.0 Å². The average molecular weight is 294 g/mol. The van der Waals surface area contributed by atoms with Gasteiger partial charge < -0.3 is 15.2 Å². The number of non-ortho nitro benzene ring substituents is 1. The van der Waals surface area contributed by atoms with Gasteiger partial charge in [0, 0.05) is 6.07 Å². The highest BCUT2D eigenvalue weighted by Gasteiger charge is 2.24. The molecule has 6 heteroatoms. The third-order valence-electron chi connectivity index (χ3n) is 4.14. The Balaban J connectivity index is 2.04. The summed E-state index contributed by atoms with van der Waals surface area (Å²) in [5, 5.41) is 10.9. The van der Waals surface area contributed by atoms with E-state index in [1.165, 1.54) is 32.1 Å². The molecular weight excluding hydrogens is 272 g/mol. The van der Waals surface area contributed by atoms with Crippen LogP contribution in [0.4, 0.5) is 5.69 Å². The van der Waals surface area contributed by atoms with Crippen LogP contribution >= 0.6 is 0 Å². The minimum atomic E-state index is -0.446. The van der Waals surface area contributed by atoms with Crippen LogP contribution < -0.4 is 15.2 Å². The monoisotopic (exact) mass is 294 g/mol. The van der Waals surface area contributed by atoms with Crippen molar-refractivity contribution in [2.24, 2.45) is 17.6 Å². The van der Waals surface area contributed by atoms with Crippen molar-refractivity contribution < 1.29 is 14.4 Å². The summed E-state index contributed by atoms with van der Waals surface area (Å²) in [5.41, 5.74) is 5.78. The number of hydrogen-bond acceptors (Lipinski definition) is 5. The lowest BCUT2D eigenvalue weighted by atomic mass is 9.80. The molecule has 116 valence electrons. The molecule has 2 unspecified atom stereocenters. The maximum absolute atomic E-state index is 10.9. The molecule has 2 atom stereocenters. The standard InChI is InChI=1S/C15H22N2O4/c1-20-14-6-13(17(18)19)7-15(8-14)21-10-12-5-3-2-4-11(12)9-16/h6-8,11-12H,2-5,9-10,16H2,1H3. The highest BCUT2D eigenvalue weighted by Crippen LogP contribution is 2.32. The highest BCUT2D eigenvalue weighted by molar-refractivity contribution is 5.46. The molecule has 1 aliphatic carbocycles. The summed E-state index contributed by atoms with van der Waals surface area (Å²) >= 11 is 0. The molecule has 2 rings (SSSR count). The fourth-order valence-electron chi connectivity index (χ4n) is 2.88. The number of ether oxygens (including phenoxy) is 2. The van der Waals surface area contributed by atoms with Gasteiger partial charge in [-0.05, 0) is 31.2 Å². The summed E-state index contributed by atoms with van der Waals surface area (Å²) in [6, 6.07) is 4.49. The molecule has 0 amide bonds. The quantitative estimate of drug-likeness (QED) is 0.644. The first-order valence-electron chi connectivity index (χ1n) is 7.30. The Morgan fingerprint density at radius 3 is 2.52 bits per heavy atom. The number of rotatable bonds is 6. The molecule has 1 saturated carbocycles. The zero-order valence-electron chi connectivity index (χ0n) is 12.3. The van der Waals surface area contributed by atoms with Crippen LogP contribution in [0.5, 0.6) is 11.5 Å². The van der Waals surface area contributed by atoms with Crippen molar-refractivity contribution in [1.29, 1.82) is 0 Å².